The van der Waals surface area contributed by atoms with Crippen LogP contribution >= 0.6 is 11.3 Å². The van der Waals surface area contributed by atoms with Crippen LogP contribution in [0.25, 0.3) is 10.2 Å². The quantitative estimate of drug-likeness (QED) is 0.402. The summed E-state index contributed by atoms with van der Waals surface area (Å²) in [6.45, 7) is 3.69. The zero-order chi connectivity index (χ0) is 18.1. The molecule has 3 rings (SSSR count). The van der Waals surface area contributed by atoms with Gasteiger partial charge in [-0.05, 0) is 12.1 Å². The highest BCUT2D eigenvalue weighted by Crippen LogP contribution is 2.23. The number of hydrogen-bond donors (Lipinski definition) is 0. The number of hydrogen-bond acceptors (Lipinski definition) is 5. The van der Waals surface area contributed by atoms with E-state index < -0.39 is 28.3 Å². The number of benzene rings is 1. The lowest BCUT2D eigenvalue weighted by Crippen LogP contribution is -2.16. The van der Waals surface area contributed by atoms with Gasteiger partial charge in [0.1, 0.15) is 10.7 Å². The van der Waals surface area contributed by atoms with Gasteiger partial charge in [-0.1, -0.05) is 17.4 Å². The fraction of sp³-hybridized carbons (Fsp3) is 0.0667. The number of aromatic nitrogens is 1. The van der Waals surface area contributed by atoms with E-state index in [4.69, 9.17) is 4.42 Å². The molecule has 0 saturated heterocycles. The van der Waals surface area contributed by atoms with Crippen molar-refractivity contribution in [2.75, 3.05) is 0 Å². The second kappa shape index (κ2) is 6.40. The van der Waals surface area contributed by atoms with E-state index in [-0.39, 0.29) is 27.3 Å². The molecule has 0 aliphatic heterocycles. The van der Waals surface area contributed by atoms with E-state index in [9.17, 15) is 23.7 Å². The summed E-state index contributed by atoms with van der Waals surface area (Å²) in [5.74, 6) is -3.35. The Kier molecular flexibility index (Phi) is 4.28. The number of nitro groups is 1. The van der Waals surface area contributed by atoms with Crippen LogP contribution in [0.2, 0.25) is 0 Å². The van der Waals surface area contributed by atoms with E-state index in [0.29, 0.717) is 0 Å². The van der Waals surface area contributed by atoms with E-state index in [2.05, 4.69) is 11.6 Å². The summed E-state index contributed by atoms with van der Waals surface area (Å²) in [6.07, 6.45) is 1.47. The van der Waals surface area contributed by atoms with Gasteiger partial charge in [0.15, 0.2) is 10.6 Å². The number of allylic oxidation sites excluding steroid dienone is 1. The summed E-state index contributed by atoms with van der Waals surface area (Å²) in [5, 5.41) is 10.6. The molecule has 0 bridgehead atoms. The average Bonchev–Trinajstić information content (AvgIpc) is 3.13. The normalized spacial score (nSPS) is 11.8. The second-order valence-electron chi connectivity index (χ2n) is 4.83. The molecule has 0 N–H and O–H groups in total. The lowest BCUT2D eigenvalue weighted by atomic mass is 10.3. The van der Waals surface area contributed by atoms with Gasteiger partial charge in [-0.3, -0.25) is 14.9 Å². The van der Waals surface area contributed by atoms with Crippen molar-refractivity contribution in [3.63, 3.8) is 0 Å². The summed E-state index contributed by atoms with van der Waals surface area (Å²) in [7, 11) is 0. The Morgan fingerprint density at radius 3 is 2.84 bits per heavy atom. The van der Waals surface area contributed by atoms with Gasteiger partial charge in [-0.15, -0.1) is 6.58 Å². The van der Waals surface area contributed by atoms with Crippen molar-refractivity contribution in [2.45, 2.75) is 6.54 Å². The minimum Gasteiger partial charge on any atom is -0.395 e. The predicted octanol–water partition coefficient (Wildman–Crippen LogP) is 3.41. The number of carbonyl (C=O) groups is 1. The summed E-state index contributed by atoms with van der Waals surface area (Å²) in [5.41, 5.74) is 0.0864. The first-order valence-corrected chi connectivity index (χ1v) is 7.65. The van der Waals surface area contributed by atoms with Crippen molar-refractivity contribution in [3.8, 4) is 0 Å². The monoisotopic (exact) mass is 365 g/mol. The summed E-state index contributed by atoms with van der Waals surface area (Å²) >= 11 is 0.900. The number of furan rings is 1. The van der Waals surface area contributed by atoms with Crippen LogP contribution in [0.1, 0.15) is 10.6 Å². The van der Waals surface area contributed by atoms with Crippen LogP contribution in [-0.2, 0) is 6.54 Å². The molecule has 0 radical (unpaired) electrons. The Morgan fingerprint density at radius 1 is 1.44 bits per heavy atom. The molecule has 7 nitrogen and oxygen atoms in total. The number of halogens is 2. The smallest absolute Gasteiger partial charge is 0.395 e. The molecule has 25 heavy (non-hydrogen) atoms. The van der Waals surface area contributed by atoms with Crippen LogP contribution in [-0.4, -0.2) is 15.4 Å². The molecule has 1 aromatic carbocycles. The van der Waals surface area contributed by atoms with Crippen molar-refractivity contribution < 1.29 is 22.9 Å². The van der Waals surface area contributed by atoms with Gasteiger partial charge >= 0.3 is 11.8 Å². The highest BCUT2D eigenvalue weighted by Gasteiger charge is 2.18. The molecule has 2 heterocycles. The van der Waals surface area contributed by atoms with Gasteiger partial charge in [-0.2, -0.15) is 4.99 Å². The van der Waals surface area contributed by atoms with Crippen molar-refractivity contribution in [1.82, 2.24) is 4.57 Å². The number of amides is 1. The number of carbonyl (C=O) groups excluding carboxylic acids is 1. The van der Waals surface area contributed by atoms with Crippen LogP contribution in [0.5, 0.6) is 0 Å². The van der Waals surface area contributed by atoms with Gasteiger partial charge < -0.3 is 8.98 Å². The zero-order valence-corrected chi connectivity index (χ0v) is 13.3. The molecule has 0 unspecified atom stereocenters. The standard InChI is InChI=1S/C15H9F2N3O4S/c1-2-5-19-13-9(17)6-8(16)7-11(13)25-15(19)18-14(21)10-3-4-12(24-10)20(22)23/h2-4,6-7H,1,5H2. The first kappa shape index (κ1) is 16.7. The number of fused-ring (bicyclic) bond motifs is 1. The number of rotatable bonds is 4. The van der Waals surface area contributed by atoms with Crippen LogP contribution < -0.4 is 4.80 Å². The van der Waals surface area contributed by atoms with Crippen LogP contribution in [0.4, 0.5) is 14.7 Å². The highest BCUT2D eigenvalue weighted by atomic mass is 32.1. The zero-order valence-electron chi connectivity index (χ0n) is 12.4. The number of nitrogens with zero attached hydrogens (tertiary/aromatic N) is 3. The first-order valence-electron chi connectivity index (χ1n) is 6.83. The van der Waals surface area contributed by atoms with Gasteiger partial charge in [0.05, 0.1) is 16.3 Å². The maximum Gasteiger partial charge on any atom is 0.433 e. The van der Waals surface area contributed by atoms with Crippen molar-refractivity contribution in [1.29, 1.82) is 0 Å². The minimum absolute atomic E-state index is 0.0864. The Morgan fingerprint density at radius 2 is 2.20 bits per heavy atom. The largest absolute Gasteiger partial charge is 0.433 e. The molecule has 0 saturated carbocycles. The van der Waals surface area contributed by atoms with Crippen molar-refractivity contribution in [3.05, 3.63) is 69.2 Å². The highest BCUT2D eigenvalue weighted by molar-refractivity contribution is 7.16. The van der Waals surface area contributed by atoms with Crippen LogP contribution in [0.15, 0.2) is 46.3 Å². The van der Waals surface area contributed by atoms with Gasteiger partial charge in [0.25, 0.3) is 0 Å². The third-order valence-electron chi connectivity index (χ3n) is 3.19. The molecule has 0 atom stereocenters. The fourth-order valence-corrected chi connectivity index (χ4v) is 3.27. The molecule has 1 amide bonds. The van der Waals surface area contributed by atoms with E-state index in [0.717, 1.165) is 35.6 Å². The fourth-order valence-electron chi connectivity index (χ4n) is 2.20. The molecular weight excluding hydrogens is 356 g/mol. The molecule has 0 aliphatic rings. The van der Waals surface area contributed by atoms with Gasteiger partial charge in [0.2, 0.25) is 5.76 Å². The minimum atomic E-state index is -0.877. The second-order valence-corrected chi connectivity index (χ2v) is 5.84. The third-order valence-corrected chi connectivity index (χ3v) is 4.21. The van der Waals surface area contributed by atoms with Crippen molar-refractivity contribution >= 4 is 33.3 Å². The summed E-state index contributed by atoms with van der Waals surface area (Å²) in [4.78, 5) is 25.9. The SMILES string of the molecule is C=CCn1c(=NC(=O)c2ccc([N+](=O)[O-])o2)sc2cc(F)cc(F)c21. The molecule has 3 aromatic rings. The maximum absolute atomic E-state index is 14.1. The predicted molar refractivity (Wildman–Crippen MR) is 85.2 cm³/mol. The first-order chi connectivity index (χ1) is 11.9. The summed E-state index contributed by atoms with van der Waals surface area (Å²) in [6, 6.07) is 4.01. The number of thiazole rings is 1. The third kappa shape index (κ3) is 3.11. The molecule has 10 heteroatoms. The topological polar surface area (TPSA) is 90.6 Å². The molecule has 2 aromatic heterocycles. The molecule has 128 valence electrons. The Labute approximate surface area is 142 Å². The van der Waals surface area contributed by atoms with Crippen molar-refractivity contribution in [2.24, 2.45) is 4.99 Å². The molecule has 0 fully saturated rings. The maximum atomic E-state index is 14.1. The van der Waals surface area contributed by atoms with Gasteiger partial charge in [0, 0.05) is 12.6 Å². The molecule has 0 aliphatic carbocycles. The van der Waals surface area contributed by atoms with Gasteiger partial charge in [-0.25, -0.2) is 8.78 Å². The average molecular weight is 365 g/mol. The Hall–Kier alpha value is -3.14. The van der Waals surface area contributed by atoms with E-state index in [1.54, 1.807) is 0 Å². The van der Waals surface area contributed by atoms with E-state index in [1.807, 2.05) is 0 Å². The van der Waals surface area contributed by atoms with E-state index in [1.165, 1.54) is 10.6 Å². The Balaban J connectivity index is 2.15. The van der Waals surface area contributed by atoms with Crippen LogP contribution in [0.3, 0.4) is 0 Å². The Bertz CT molecular complexity index is 1080. The lowest BCUT2D eigenvalue weighted by Gasteiger charge is -2.01. The van der Waals surface area contributed by atoms with Crippen LogP contribution in [0, 0.1) is 21.7 Å². The molecule has 0 spiro atoms. The lowest BCUT2D eigenvalue weighted by molar-refractivity contribution is -0.402. The van der Waals surface area contributed by atoms with E-state index >= 15 is 0 Å². The summed E-state index contributed by atoms with van der Waals surface area (Å²) < 4.78 is 33.9. The molecular formula is C15H9F2N3O4S.